The summed E-state index contributed by atoms with van der Waals surface area (Å²) < 4.78 is 7.71. The highest BCUT2D eigenvalue weighted by atomic mass is 79.9. The van der Waals surface area contributed by atoms with Gasteiger partial charge in [-0.3, -0.25) is 9.59 Å². The first-order valence-corrected chi connectivity index (χ1v) is 14.1. The maximum absolute atomic E-state index is 13.7. The second kappa shape index (κ2) is 14.3. The van der Waals surface area contributed by atoms with E-state index in [1.807, 2.05) is 79.7 Å². The van der Waals surface area contributed by atoms with Crippen LogP contribution in [0, 0.1) is 0 Å². The van der Waals surface area contributed by atoms with Crippen LogP contribution < -0.4 is 10.1 Å². The topological polar surface area (TPSA) is 58.6 Å². The molecule has 0 saturated heterocycles. The lowest BCUT2D eigenvalue weighted by Gasteiger charge is -2.31. The monoisotopic (exact) mass is 628 g/mol. The number of ether oxygens (including phenoxy) is 1. The molecular formula is C30H34Br2N2O3. The molecule has 1 N–H and O–H groups in total. The number of rotatable bonds is 12. The van der Waals surface area contributed by atoms with Gasteiger partial charge in [-0.1, -0.05) is 85.2 Å². The van der Waals surface area contributed by atoms with E-state index >= 15 is 0 Å². The predicted octanol–water partition coefficient (Wildman–Crippen LogP) is 6.88. The van der Waals surface area contributed by atoms with Crippen molar-refractivity contribution in [3.8, 4) is 5.75 Å². The Kier molecular flexibility index (Phi) is 11.2. The Balaban J connectivity index is 1.88. The van der Waals surface area contributed by atoms with Gasteiger partial charge in [0.1, 0.15) is 11.8 Å². The summed E-state index contributed by atoms with van der Waals surface area (Å²) in [5.74, 6) is 0.555. The maximum Gasteiger partial charge on any atom is 0.261 e. The fraction of sp³-hybridized carbons (Fsp3) is 0.333. The van der Waals surface area contributed by atoms with Gasteiger partial charge >= 0.3 is 0 Å². The maximum atomic E-state index is 13.7. The van der Waals surface area contributed by atoms with Crippen molar-refractivity contribution < 1.29 is 14.3 Å². The average Bonchev–Trinajstić information content (AvgIpc) is 2.90. The summed E-state index contributed by atoms with van der Waals surface area (Å²) in [7, 11) is 0. The number of hydrogen-bond donors (Lipinski definition) is 1. The highest BCUT2D eigenvalue weighted by Gasteiger charge is 2.30. The van der Waals surface area contributed by atoms with Gasteiger partial charge in [-0.15, -0.1) is 0 Å². The van der Waals surface area contributed by atoms with Gasteiger partial charge in [0, 0.05) is 24.0 Å². The highest BCUT2D eigenvalue weighted by molar-refractivity contribution is 9.10. The van der Waals surface area contributed by atoms with Gasteiger partial charge in [0.05, 0.1) is 4.47 Å². The molecule has 3 aromatic carbocycles. The summed E-state index contributed by atoms with van der Waals surface area (Å²) in [6.07, 6.45) is 1.22. The number of amides is 2. The van der Waals surface area contributed by atoms with Crippen LogP contribution in [0.25, 0.3) is 0 Å². The highest BCUT2D eigenvalue weighted by Crippen LogP contribution is 2.29. The second-order valence-electron chi connectivity index (χ2n) is 9.28. The van der Waals surface area contributed by atoms with E-state index in [2.05, 4.69) is 51.0 Å². The molecule has 37 heavy (non-hydrogen) atoms. The molecule has 196 valence electrons. The van der Waals surface area contributed by atoms with E-state index in [4.69, 9.17) is 4.74 Å². The van der Waals surface area contributed by atoms with Gasteiger partial charge in [-0.05, 0) is 69.2 Å². The van der Waals surface area contributed by atoms with Crippen LogP contribution in [0.3, 0.4) is 0 Å². The number of carbonyl (C=O) groups is 2. The molecule has 7 heteroatoms. The second-order valence-corrected chi connectivity index (χ2v) is 11.0. The molecule has 5 nitrogen and oxygen atoms in total. The van der Waals surface area contributed by atoms with Crippen molar-refractivity contribution in [2.75, 3.05) is 13.2 Å². The van der Waals surface area contributed by atoms with Crippen molar-refractivity contribution in [2.45, 2.75) is 52.1 Å². The lowest BCUT2D eigenvalue weighted by atomic mass is 10.0. The first kappa shape index (κ1) is 28.9. The Morgan fingerprint density at radius 3 is 2.27 bits per heavy atom. The standard InChI is InChI=1S/C30H34Br2N2O3/c1-4-16-33-30(36)27(17-22-8-6-5-7-9-22)34(19-23-10-13-25(31)14-11-23)29(35)20-37-28-15-12-24(21(2)3)18-26(28)32/h5-15,18,21,27H,4,16-17,19-20H2,1-3H3,(H,33,36). The Hall–Kier alpha value is -2.64. The first-order valence-electron chi connectivity index (χ1n) is 12.6. The molecule has 1 unspecified atom stereocenters. The molecule has 0 spiro atoms. The van der Waals surface area contributed by atoms with E-state index in [0.29, 0.717) is 31.2 Å². The van der Waals surface area contributed by atoms with Gasteiger partial charge in [-0.2, -0.15) is 0 Å². The number of hydrogen-bond acceptors (Lipinski definition) is 3. The summed E-state index contributed by atoms with van der Waals surface area (Å²) >= 11 is 7.04. The van der Waals surface area contributed by atoms with E-state index in [1.54, 1.807) is 4.90 Å². The van der Waals surface area contributed by atoms with Crippen molar-refractivity contribution in [3.63, 3.8) is 0 Å². The molecule has 0 aliphatic carbocycles. The normalized spacial score (nSPS) is 11.7. The zero-order valence-corrected chi connectivity index (χ0v) is 24.7. The van der Waals surface area contributed by atoms with Crippen LogP contribution in [0.1, 0.15) is 49.8 Å². The number of carbonyl (C=O) groups excluding carboxylic acids is 2. The summed E-state index contributed by atoms with van der Waals surface area (Å²) in [4.78, 5) is 28.7. The molecular weight excluding hydrogens is 596 g/mol. The molecule has 0 aromatic heterocycles. The molecule has 1 atom stereocenters. The Morgan fingerprint density at radius 1 is 0.946 bits per heavy atom. The number of benzene rings is 3. The fourth-order valence-corrected chi connectivity index (χ4v) is 4.70. The molecule has 0 heterocycles. The molecule has 0 radical (unpaired) electrons. The van der Waals surface area contributed by atoms with E-state index in [0.717, 1.165) is 26.5 Å². The predicted molar refractivity (Wildman–Crippen MR) is 156 cm³/mol. The lowest BCUT2D eigenvalue weighted by Crippen LogP contribution is -2.51. The molecule has 0 aliphatic heterocycles. The largest absolute Gasteiger partial charge is 0.483 e. The van der Waals surface area contributed by atoms with Gasteiger partial charge < -0.3 is 15.0 Å². The van der Waals surface area contributed by atoms with Crippen molar-refractivity contribution in [2.24, 2.45) is 0 Å². The van der Waals surface area contributed by atoms with Gasteiger partial charge in [0.25, 0.3) is 5.91 Å². The minimum Gasteiger partial charge on any atom is -0.483 e. The molecule has 0 fully saturated rings. The van der Waals surface area contributed by atoms with E-state index in [9.17, 15) is 9.59 Å². The van der Waals surface area contributed by atoms with Crippen LogP contribution >= 0.6 is 31.9 Å². The Bertz CT molecular complexity index is 1170. The van der Waals surface area contributed by atoms with Crippen molar-refractivity contribution in [1.82, 2.24) is 10.2 Å². The molecule has 3 aromatic rings. The Labute approximate surface area is 236 Å². The van der Waals surface area contributed by atoms with Gasteiger partial charge in [0.2, 0.25) is 5.91 Å². The third-order valence-corrected chi connectivity index (χ3v) is 7.21. The molecule has 3 rings (SSSR count). The van der Waals surface area contributed by atoms with Crippen LogP contribution in [0.15, 0.2) is 81.7 Å². The lowest BCUT2D eigenvalue weighted by molar-refractivity contribution is -0.142. The summed E-state index contributed by atoms with van der Waals surface area (Å²) in [5, 5.41) is 2.99. The van der Waals surface area contributed by atoms with Crippen molar-refractivity contribution in [1.29, 1.82) is 0 Å². The number of nitrogens with one attached hydrogen (secondary N) is 1. The van der Waals surface area contributed by atoms with E-state index in [-0.39, 0.29) is 18.4 Å². The minimum absolute atomic E-state index is 0.168. The fourth-order valence-electron chi connectivity index (χ4n) is 3.92. The van der Waals surface area contributed by atoms with E-state index in [1.165, 1.54) is 5.56 Å². The summed E-state index contributed by atoms with van der Waals surface area (Å²) in [5.41, 5.74) is 3.10. The zero-order valence-electron chi connectivity index (χ0n) is 21.5. The van der Waals surface area contributed by atoms with Crippen LogP contribution in [0.5, 0.6) is 5.75 Å². The molecule has 2 amide bonds. The summed E-state index contributed by atoms with van der Waals surface area (Å²) in [6.45, 7) is 6.93. The first-order chi connectivity index (χ1) is 17.8. The summed E-state index contributed by atoms with van der Waals surface area (Å²) in [6, 6.07) is 22.8. The van der Waals surface area contributed by atoms with Crippen LogP contribution in [0.2, 0.25) is 0 Å². The van der Waals surface area contributed by atoms with Crippen molar-refractivity contribution in [3.05, 3.63) is 98.4 Å². The van der Waals surface area contributed by atoms with Gasteiger partial charge in [0.15, 0.2) is 6.61 Å². The third kappa shape index (κ3) is 8.71. The Morgan fingerprint density at radius 2 is 1.65 bits per heavy atom. The smallest absolute Gasteiger partial charge is 0.261 e. The van der Waals surface area contributed by atoms with Crippen LogP contribution in [0.4, 0.5) is 0 Å². The third-order valence-electron chi connectivity index (χ3n) is 6.06. The minimum atomic E-state index is -0.680. The zero-order chi connectivity index (χ0) is 26.8. The quantitative estimate of drug-likeness (QED) is 0.238. The average molecular weight is 630 g/mol. The molecule has 0 aliphatic rings. The number of halogens is 2. The number of nitrogens with zero attached hydrogens (tertiary/aromatic N) is 1. The molecule has 0 bridgehead atoms. The SMILES string of the molecule is CCCNC(=O)C(Cc1ccccc1)N(Cc1ccc(Br)cc1)C(=O)COc1ccc(C(C)C)cc1Br. The van der Waals surface area contributed by atoms with Gasteiger partial charge in [-0.25, -0.2) is 0 Å². The van der Waals surface area contributed by atoms with Crippen LogP contribution in [-0.2, 0) is 22.6 Å². The van der Waals surface area contributed by atoms with Crippen molar-refractivity contribution >= 4 is 43.7 Å². The van der Waals surface area contributed by atoms with E-state index < -0.39 is 6.04 Å². The molecule has 0 saturated carbocycles. The van der Waals surface area contributed by atoms with Crippen LogP contribution in [-0.4, -0.2) is 35.9 Å².